The highest BCUT2D eigenvalue weighted by Crippen LogP contribution is 2.53. The van der Waals surface area contributed by atoms with Crippen LogP contribution in [0.3, 0.4) is 0 Å². The molecule has 0 saturated heterocycles. The average molecular weight is 755 g/mol. The Morgan fingerprint density at radius 1 is 0.554 bits per heavy atom. The van der Waals surface area contributed by atoms with Gasteiger partial charge >= 0.3 is 0 Å². The van der Waals surface area contributed by atoms with Crippen molar-refractivity contribution in [2.24, 2.45) is 0 Å². The zero-order valence-electron chi connectivity index (χ0n) is 36.2. The Kier molecular flexibility index (Phi) is 7.92. The zero-order chi connectivity index (χ0) is 40.1. The Morgan fingerprint density at radius 2 is 1.11 bits per heavy atom. The molecule has 1 aromatic heterocycles. The summed E-state index contributed by atoms with van der Waals surface area (Å²) in [6.45, 7) is 33.1. The molecule has 0 amide bonds. The van der Waals surface area contributed by atoms with E-state index in [-0.39, 0.29) is 33.8 Å². The smallest absolute Gasteiger partial charge is 0.264 e. The lowest BCUT2D eigenvalue weighted by atomic mass is 9.36. The number of thiophene rings is 1. The van der Waals surface area contributed by atoms with Gasteiger partial charge in [0.05, 0.1) is 5.69 Å². The molecule has 5 aromatic carbocycles. The van der Waals surface area contributed by atoms with Gasteiger partial charge in [-0.05, 0) is 133 Å². The first-order valence-electron chi connectivity index (χ1n) is 20.8. The van der Waals surface area contributed by atoms with E-state index in [4.69, 9.17) is 0 Å². The molecular formula is C52H59BN2S. The fourth-order valence-electron chi connectivity index (χ4n) is 10.3. The van der Waals surface area contributed by atoms with Crippen LogP contribution < -0.4 is 25.5 Å². The van der Waals surface area contributed by atoms with Crippen molar-refractivity contribution in [3.8, 4) is 0 Å². The number of aryl methyl sites for hydroxylation is 1. The molecule has 56 heavy (non-hydrogen) atoms. The maximum absolute atomic E-state index is 2.66. The summed E-state index contributed by atoms with van der Waals surface area (Å²) >= 11 is 2.01. The van der Waals surface area contributed by atoms with Crippen LogP contribution in [0.25, 0.3) is 10.1 Å². The number of benzene rings is 5. The third kappa shape index (κ3) is 5.64. The molecule has 3 aliphatic rings. The highest BCUT2D eigenvalue weighted by atomic mass is 32.1. The van der Waals surface area contributed by atoms with Gasteiger partial charge in [0, 0.05) is 43.3 Å². The molecule has 9 rings (SSSR count). The summed E-state index contributed by atoms with van der Waals surface area (Å²) < 4.78 is 2.81. The number of nitrogens with zero attached hydrogens (tertiary/aromatic N) is 2. The summed E-state index contributed by atoms with van der Waals surface area (Å²) in [4.78, 5) is 5.23. The predicted molar refractivity (Wildman–Crippen MR) is 247 cm³/mol. The number of anilines is 6. The summed E-state index contributed by atoms with van der Waals surface area (Å²) in [6.07, 6.45) is 1.15. The van der Waals surface area contributed by atoms with Gasteiger partial charge in [-0.3, -0.25) is 0 Å². The van der Waals surface area contributed by atoms with Gasteiger partial charge < -0.3 is 9.80 Å². The van der Waals surface area contributed by atoms with E-state index in [0.717, 1.165) is 6.42 Å². The largest absolute Gasteiger partial charge is 0.311 e. The standard InChI is InChI=1S/C52H59BN2S/c1-31-25-42-45-43(26-31)55(36-21-23-38-39(29-36)52(13,14)30-51(38,11)12)46-37-22-17-34(50(8,9)10)28-44(37)56-47(46)53(45)40-27-33(49(5,6)7)18-24-41(40)54(42)35-19-15-32(16-20-35)48(2,3)4/h15-29H,30H2,1-14H3. The minimum Gasteiger partial charge on any atom is -0.311 e. The summed E-state index contributed by atoms with van der Waals surface area (Å²) in [6, 6.07) is 36.4. The Bertz CT molecular complexity index is 2580. The number of rotatable bonds is 2. The lowest BCUT2D eigenvalue weighted by Crippen LogP contribution is -2.60. The Balaban J connectivity index is 1.39. The van der Waals surface area contributed by atoms with E-state index in [1.165, 1.54) is 93.3 Å². The zero-order valence-corrected chi connectivity index (χ0v) is 37.1. The maximum atomic E-state index is 2.66. The van der Waals surface area contributed by atoms with Crippen LogP contribution in [-0.2, 0) is 27.1 Å². The SMILES string of the molecule is Cc1cc2c3c(c1)N(c1ccc4c(c1)C(C)(C)CC4(C)C)c1c(sc4cc(C(C)(C)C)ccc14)B3c1cc(C(C)(C)C)ccc1N2c1ccc(C(C)(C)C)cc1. The van der Waals surface area contributed by atoms with Crippen LogP contribution in [0.2, 0.25) is 0 Å². The van der Waals surface area contributed by atoms with E-state index in [1.54, 1.807) is 0 Å². The van der Waals surface area contributed by atoms with Crippen LogP contribution >= 0.6 is 11.3 Å². The van der Waals surface area contributed by atoms with E-state index in [1.807, 2.05) is 11.3 Å². The third-order valence-electron chi connectivity index (χ3n) is 13.1. The number of hydrogen-bond donors (Lipinski definition) is 0. The summed E-state index contributed by atoms with van der Waals surface area (Å²) in [5.74, 6) is 0. The van der Waals surface area contributed by atoms with E-state index in [9.17, 15) is 0 Å². The van der Waals surface area contributed by atoms with Gasteiger partial charge in [-0.1, -0.05) is 132 Å². The van der Waals surface area contributed by atoms with Crippen molar-refractivity contribution in [2.45, 2.75) is 130 Å². The first kappa shape index (κ1) is 37.3. The molecule has 0 atom stereocenters. The van der Waals surface area contributed by atoms with Gasteiger partial charge in [0.25, 0.3) is 6.71 Å². The number of hydrogen-bond acceptors (Lipinski definition) is 3. The highest BCUT2D eigenvalue weighted by Gasteiger charge is 2.47. The highest BCUT2D eigenvalue weighted by molar-refractivity contribution is 7.33. The molecule has 0 N–H and O–H groups in total. The molecule has 0 radical (unpaired) electrons. The fourth-order valence-corrected chi connectivity index (χ4v) is 11.7. The predicted octanol–water partition coefficient (Wildman–Crippen LogP) is 13.1. The van der Waals surface area contributed by atoms with Crippen LogP contribution in [-0.4, -0.2) is 6.71 Å². The van der Waals surface area contributed by atoms with Crippen molar-refractivity contribution in [3.05, 3.63) is 124 Å². The van der Waals surface area contributed by atoms with Gasteiger partial charge in [-0.25, -0.2) is 0 Å². The minimum atomic E-state index is 0.0148. The normalized spacial score (nSPS) is 16.9. The maximum Gasteiger partial charge on any atom is 0.264 e. The second kappa shape index (κ2) is 11.9. The molecule has 1 aliphatic carbocycles. The first-order chi connectivity index (χ1) is 26.0. The topological polar surface area (TPSA) is 6.48 Å². The van der Waals surface area contributed by atoms with Crippen molar-refractivity contribution in [2.75, 3.05) is 9.80 Å². The second-order valence-electron chi connectivity index (χ2n) is 21.6. The van der Waals surface area contributed by atoms with Crippen LogP contribution in [0, 0.1) is 6.92 Å². The van der Waals surface area contributed by atoms with Crippen molar-refractivity contribution >= 4 is 78.0 Å². The molecule has 2 nitrogen and oxygen atoms in total. The first-order valence-corrected chi connectivity index (χ1v) is 21.6. The molecule has 0 unspecified atom stereocenters. The van der Waals surface area contributed by atoms with E-state index in [0.29, 0.717) is 0 Å². The van der Waals surface area contributed by atoms with Gasteiger partial charge in [-0.15, -0.1) is 11.3 Å². The molecule has 4 heteroatoms. The van der Waals surface area contributed by atoms with Crippen LogP contribution in [0.1, 0.15) is 130 Å². The number of fused-ring (bicyclic) bond motifs is 7. The molecule has 0 spiro atoms. The summed E-state index contributed by atoms with van der Waals surface area (Å²) in [5, 5.41) is 1.35. The van der Waals surface area contributed by atoms with Gasteiger partial charge in [0.15, 0.2) is 0 Å². The van der Waals surface area contributed by atoms with Gasteiger partial charge in [-0.2, -0.15) is 0 Å². The van der Waals surface area contributed by atoms with Crippen LogP contribution in [0.15, 0.2) is 91.0 Å². The van der Waals surface area contributed by atoms with Crippen LogP contribution in [0.5, 0.6) is 0 Å². The molecule has 2 aliphatic heterocycles. The van der Waals surface area contributed by atoms with Gasteiger partial charge in [0.1, 0.15) is 0 Å². The van der Waals surface area contributed by atoms with E-state index >= 15 is 0 Å². The fraction of sp³-hybridized carbons (Fsp3) is 0.385. The molecule has 0 bridgehead atoms. The monoisotopic (exact) mass is 754 g/mol. The minimum absolute atomic E-state index is 0.0148. The third-order valence-corrected chi connectivity index (χ3v) is 14.3. The quantitative estimate of drug-likeness (QED) is 0.162. The second-order valence-corrected chi connectivity index (χ2v) is 22.7. The molecule has 6 aromatic rings. The molecular weight excluding hydrogens is 695 g/mol. The molecule has 0 saturated carbocycles. The van der Waals surface area contributed by atoms with Crippen molar-refractivity contribution in [3.63, 3.8) is 0 Å². The van der Waals surface area contributed by atoms with E-state index in [2.05, 4.69) is 198 Å². The molecule has 3 heterocycles. The van der Waals surface area contributed by atoms with E-state index < -0.39 is 0 Å². The van der Waals surface area contributed by atoms with Gasteiger partial charge in [0.2, 0.25) is 0 Å². The molecule has 286 valence electrons. The molecule has 0 fully saturated rings. The summed E-state index contributed by atoms with van der Waals surface area (Å²) in [7, 11) is 0. The lowest BCUT2D eigenvalue weighted by Gasteiger charge is -2.44. The summed E-state index contributed by atoms with van der Waals surface area (Å²) in [5.41, 5.74) is 19.3. The Hall–Kier alpha value is -4.28. The Morgan fingerprint density at radius 3 is 1.75 bits per heavy atom. The van der Waals surface area contributed by atoms with Crippen LogP contribution in [0.4, 0.5) is 34.1 Å². The lowest BCUT2D eigenvalue weighted by molar-refractivity contribution is 0.403. The Labute approximate surface area is 341 Å². The van der Waals surface area contributed by atoms with Crippen molar-refractivity contribution < 1.29 is 0 Å². The average Bonchev–Trinajstić information content (AvgIpc) is 3.56. The van der Waals surface area contributed by atoms with Crippen molar-refractivity contribution in [1.29, 1.82) is 0 Å². The van der Waals surface area contributed by atoms with Crippen molar-refractivity contribution in [1.82, 2.24) is 0 Å².